The molecule has 0 bridgehead atoms. The Morgan fingerprint density at radius 3 is 2.00 bits per heavy atom. The average Bonchev–Trinajstić information content (AvgIpc) is 2.90. The van der Waals surface area contributed by atoms with Crippen molar-refractivity contribution in [2.24, 2.45) is 17.1 Å². The summed E-state index contributed by atoms with van der Waals surface area (Å²) in [6.45, 7) is 0.956. The molecule has 1 nitrogen and oxygen atoms in total. The zero-order valence-electron chi connectivity index (χ0n) is 8.02. The first-order chi connectivity index (χ1) is 5.87. The minimum Gasteiger partial charge on any atom is -0.330 e. The van der Waals surface area contributed by atoms with Crippen LogP contribution < -0.4 is 5.73 Å². The lowest BCUT2D eigenvalue weighted by atomic mass is 9.83. The monoisotopic (exact) mass is 167 g/mol. The average molecular weight is 167 g/mol. The Morgan fingerprint density at radius 2 is 1.58 bits per heavy atom. The van der Waals surface area contributed by atoms with Crippen LogP contribution in [-0.2, 0) is 0 Å². The van der Waals surface area contributed by atoms with E-state index in [2.05, 4.69) is 0 Å². The maximum atomic E-state index is 5.85. The molecule has 70 valence electrons. The molecule has 0 spiro atoms. The molecular formula is C11H21N. The SMILES string of the molecule is NCC1(C2CCCCCC2)CC1. The molecule has 0 heterocycles. The molecule has 0 aromatic heterocycles. The Bertz CT molecular complexity index is 141. The van der Waals surface area contributed by atoms with E-state index >= 15 is 0 Å². The van der Waals surface area contributed by atoms with Crippen molar-refractivity contribution >= 4 is 0 Å². The minimum atomic E-state index is 0.629. The Hall–Kier alpha value is -0.0400. The van der Waals surface area contributed by atoms with E-state index in [1.165, 1.54) is 51.4 Å². The van der Waals surface area contributed by atoms with Crippen LogP contribution in [0, 0.1) is 11.3 Å². The van der Waals surface area contributed by atoms with Gasteiger partial charge in [-0.15, -0.1) is 0 Å². The van der Waals surface area contributed by atoms with E-state index in [1.54, 1.807) is 0 Å². The van der Waals surface area contributed by atoms with Gasteiger partial charge in [-0.05, 0) is 43.6 Å². The van der Waals surface area contributed by atoms with Crippen molar-refractivity contribution in [2.45, 2.75) is 51.4 Å². The highest BCUT2D eigenvalue weighted by Crippen LogP contribution is 2.54. The molecule has 0 aliphatic heterocycles. The van der Waals surface area contributed by atoms with Gasteiger partial charge in [-0.1, -0.05) is 25.7 Å². The van der Waals surface area contributed by atoms with Crippen LogP contribution in [0.3, 0.4) is 0 Å². The minimum absolute atomic E-state index is 0.629. The van der Waals surface area contributed by atoms with Gasteiger partial charge in [0.05, 0.1) is 0 Å². The molecule has 0 unspecified atom stereocenters. The second-order valence-electron chi connectivity index (χ2n) is 4.75. The molecule has 0 aromatic carbocycles. The van der Waals surface area contributed by atoms with Gasteiger partial charge in [0, 0.05) is 0 Å². The Morgan fingerprint density at radius 1 is 1.00 bits per heavy atom. The van der Waals surface area contributed by atoms with E-state index in [4.69, 9.17) is 5.73 Å². The van der Waals surface area contributed by atoms with Crippen molar-refractivity contribution in [3.8, 4) is 0 Å². The van der Waals surface area contributed by atoms with Crippen LogP contribution >= 0.6 is 0 Å². The quantitative estimate of drug-likeness (QED) is 0.629. The lowest BCUT2D eigenvalue weighted by Crippen LogP contribution is -2.24. The highest BCUT2D eigenvalue weighted by molar-refractivity contribution is 4.99. The van der Waals surface area contributed by atoms with Gasteiger partial charge in [0.25, 0.3) is 0 Å². The van der Waals surface area contributed by atoms with Crippen LogP contribution in [-0.4, -0.2) is 6.54 Å². The van der Waals surface area contributed by atoms with Gasteiger partial charge in [-0.3, -0.25) is 0 Å². The highest BCUT2D eigenvalue weighted by atomic mass is 14.7. The molecule has 0 aromatic rings. The molecule has 12 heavy (non-hydrogen) atoms. The third kappa shape index (κ3) is 1.52. The summed E-state index contributed by atoms with van der Waals surface area (Å²) in [5.41, 5.74) is 6.48. The topological polar surface area (TPSA) is 26.0 Å². The number of hydrogen-bond acceptors (Lipinski definition) is 1. The summed E-state index contributed by atoms with van der Waals surface area (Å²) >= 11 is 0. The summed E-state index contributed by atoms with van der Waals surface area (Å²) < 4.78 is 0. The van der Waals surface area contributed by atoms with Crippen molar-refractivity contribution in [3.63, 3.8) is 0 Å². The van der Waals surface area contributed by atoms with Crippen LogP contribution in [0.4, 0.5) is 0 Å². The number of hydrogen-bond donors (Lipinski definition) is 1. The zero-order chi connectivity index (χ0) is 8.44. The van der Waals surface area contributed by atoms with E-state index in [0.29, 0.717) is 5.41 Å². The first-order valence-corrected chi connectivity index (χ1v) is 5.57. The summed E-state index contributed by atoms with van der Waals surface area (Å²) in [7, 11) is 0. The molecular weight excluding hydrogens is 146 g/mol. The van der Waals surface area contributed by atoms with E-state index in [0.717, 1.165) is 12.5 Å². The van der Waals surface area contributed by atoms with Gasteiger partial charge < -0.3 is 5.73 Å². The molecule has 1 heteroatoms. The van der Waals surface area contributed by atoms with Crippen molar-refractivity contribution in [1.29, 1.82) is 0 Å². The highest BCUT2D eigenvalue weighted by Gasteiger charge is 2.47. The van der Waals surface area contributed by atoms with Crippen molar-refractivity contribution in [1.82, 2.24) is 0 Å². The van der Waals surface area contributed by atoms with E-state index in [9.17, 15) is 0 Å². The number of nitrogens with two attached hydrogens (primary N) is 1. The number of rotatable bonds is 2. The predicted octanol–water partition coefficient (Wildman–Crippen LogP) is 2.70. The molecule has 2 fully saturated rings. The first kappa shape index (κ1) is 8.55. The maximum absolute atomic E-state index is 5.85. The fourth-order valence-electron chi connectivity index (χ4n) is 2.83. The van der Waals surface area contributed by atoms with Crippen molar-refractivity contribution in [3.05, 3.63) is 0 Å². The second-order valence-corrected chi connectivity index (χ2v) is 4.75. The summed E-state index contributed by atoms with van der Waals surface area (Å²) in [5.74, 6) is 0.991. The molecule has 0 atom stereocenters. The van der Waals surface area contributed by atoms with Crippen molar-refractivity contribution in [2.75, 3.05) is 6.54 Å². The van der Waals surface area contributed by atoms with Crippen LogP contribution in [0.5, 0.6) is 0 Å². The zero-order valence-corrected chi connectivity index (χ0v) is 8.02. The van der Waals surface area contributed by atoms with Crippen LogP contribution in [0.2, 0.25) is 0 Å². The predicted molar refractivity (Wildman–Crippen MR) is 51.9 cm³/mol. The smallest absolute Gasteiger partial charge is 0.00179 e. The maximum Gasteiger partial charge on any atom is -0.00179 e. The van der Waals surface area contributed by atoms with Gasteiger partial charge in [0.2, 0.25) is 0 Å². The lowest BCUT2D eigenvalue weighted by molar-refractivity contribution is 0.281. The van der Waals surface area contributed by atoms with Crippen LogP contribution in [0.15, 0.2) is 0 Å². The normalized spacial score (nSPS) is 29.8. The van der Waals surface area contributed by atoms with E-state index < -0.39 is 0 Å². The lowest BCUT2D eigenvalue weighted by Gasteiger charge is -2.23. The second kappa shape index (κ2) is 3.37. The first-order valence-electron chi connectivity index (χ1n) is 5.57. The molecule has 2 aliphatic carbocycles. The summed E-state index contributed by atoms with van der Waals surface area (Å²) in [5, 5.41) is 0. The van der Waals surface area contributed by atoms with E-state index in [1.807, 2.05) is 0 Å². The fraction of sp³-hybridized carbons (Fsp3) is 1.00. The third-order valence-corrected chi connectivity index (χ3v) is 4.02. The summed E-state index contributed by atoms with van der Waals surface area (Å²) in [6.07, 6.45) is 11.7. The standard InChI is InChI=1S/C11H21N/c12-9-11(7-8-11)10-5-3-1-2-4-6-10/h10H,1-9,12H2. The van der Waals surface area contributed by atoms with Gasteiger partial charge in [0.15, 0.2) is 0 Å². The Kier molecular flexibility index (Phi) is 2.40. The summed E-state index contributed by atoms with van der Waals surface area (Å²) in [6, 6.07) is 0. The Labute approximate surface area is 75.7 Å². The molecule has 2 N–H and O–H groups in total. The van der Waals surface area contributed by atoms with Gasteiger partial charge in [-0.25, -0.2) is 0 Å². The molecule has 2 rings (SSSR count). The van der Waals surface area contributed by atoms with Gasteiger partial charge >= 0.3 is 0 Å². The molecule has 2 aliphatic rings. The molecule has 2 saturated carbocycles. The van der Waals surface area contributed by atoms with Crippen LogP contribution in [0.25, 0.3) is 0 Å². The third-order valence-electron chi connectivity index (χ3n) is 4.02. The fourth-order valence-corrected chi connectivity index (χ4v) is 2.83. The van der Waals surface area contributed by atoms with E-state index in [-0.39, 0.29) is 0 Å². The summed E-state index contributed by atoms with van der Waals surface area (Å²) in [4.78, 5) is 0. The molecule has 0 amide bonds. The van der Waals surface area contributed by atoms with Gasteiger partial charge in [-0.2, -0.15) is 0 Å². The van der Waals surface area contributed by atoms with Gasteiger partial charge in [0.1, 0.15) is 0 Å². The largest absolute Gasteiger partial charge is 0.330 e. The molecule has 0 radical (unpaired) electrons. The Balaban J connectivity index is 1.92. The van der Waals surface area contributed by atoms with Crippen LogP contribution in [0.1, 0.15) is 51.4 Å². The van der Waals surface area contributed by atoms with Crippen molar-refractivity contribution < 1.29 is 0 Å². The molecule has 0 saturated heterocycles.